The predicted octanol–water partition coefficient (Wildman–Crippen LogP) is 3.19. The molecule has 0 heterocycles. The first-order valence-corrected chi connectivity index (χ1v) is 9.31. The van der Waals surface area contributed by atoms with Gasteiger partial charge in [0.15, 0.2) is 5.11 Å². The fraction of sp³-hybridized carbons (Fsp3) is 0.111. The largest absolute Gasteiger partial charge is 0.325 e. The Balaban J connectivity index is 1.70. The molecule has 0 atom stereocenters. The lowest BCUT2D eigenvalue weighted by atomic mass is 10.2. The highest BCUT2D eigenvalue weighted by atomic mass is 35.5. The van der Waals surface area contributed by atoms with Gasteiger partial charge in [-0.1, -0.05) is 23.2 Å². The number of hydrazine groups is 1. The van der Waals surface area contributed by atoms with Crippen LogP contribution in [-0.2, 0) is 9.59 Å². The summed E-state index contributed by atoms with van der Waals surface area (Å²) >= 11 is 16.6. The molecule has 0 unspecified atom stereocenters. The normalized spacial score (nSPS) is 10.0. The van der Waals surface area contributed by atoms with E-state index >= 15 is 0 Å². The molecule has 0 radical (unpaired) electrons. The third kappa shape index (κ3) is 7.65. The van der Waals surface area contributed by atoms with E-state index in [1.165, 1.54) is 18.2 Å². The van der Waals surface area contributed by atoms with E-state index in [9.17, 15) is 18.8 Å². The zero-order valence-electron chi connectivity index (χ0n) is 14.7. The van der Waals surface area contributed by atoms with Crippen LogP contribution in [0, 0.1) is 5.82 Å². The van der Waals surface area contributed by atoms with Crippen molar-refractivity contribution in [2.75, 3.05) is 5.32 Å². The fourth-order valence-corrected chi connectivity index (χ4v) is 2.63. The first-order chi connectivity index (χ1) is 13.7. The van der Waals surface area contributed by atoms with Crippen molar-refractivity contribution in [2.45, 2.75) is 12.8 Å². The molecule has 0 aliphatic carbocycles. The topological polar surface area (TPSA) is 99.3 Å². The van der Waals surface area contributed by atoms with Crippen LogP contribution in [0.2, 0.25) is 10.0 Å². The Labute approximate surface area is 180 Å². The number of benzene rings is 2. The smallest absolute Gasteiger partial charge is 0.257 e. The quantitative estimate of drug-likeness (QED) is 0.409. The first-order valence-electron chi connectivity index (χ1n) is 8.15. The molecule has 0 spiro atoms. The number of carbonyl (C=O) groups excluding carboxylic acids is 3. The number of hydrogen-bond donors (Lipinski definition) is 4. The maximum Gasteiger partial charge on any atom is 0.257 e. The molecular formula is C18H15Cl2FN4O3S. The summed E-state index contributed by atoms with van der Waals surface area (Å²) in [5, 5.41) is 5.43. The van der Waals surface area contributed by atoms with Gasteiger partial charge in [0, 0.05) is 23.4 Å². The van der Waals surface area contributed by atoms with E-state index in [0.717, 1.165) is 12.1 Å². The van der Waals surface area contributed by atoms with Crippen molar-refractivity contribution in [3.8, 4) is 0 Å². The molecule has 2 aromatic carbocycles. The van der Waals surface area contributed by atoms with Crippen LogP contribution in [0.15, 0.2) is 42.5 Å². The van der Waals surface area contributed by atoms with Gasteiger partial charge < -0.3 is 5.32 Å². The maximum atomic E-state index is 12.9. The van der Waals surface area contributed by atoms with Gasteiger partial charge in [-0.05, 0) is 54.7 Å². The number of carbonyl (C=O) groups is 3. The number of halogens is 3. The number of thiocarbonyl (C=S) groups is 1. The minimum absolute atomic E-state index is 0.110. The van der Waals surface area contributed by atoms with Crippen molar-refractivity contribution in [1.82, 2.24) is 16.2 Å². The van der Waals surface area contributed by atoms with Crippen LogP contribution < -0.4 is 21.5 Å². The van der Waals surface area contributed by atoms with E-state index in [2.05, 4.69) is 21.5 Å². The SMILES string of the molecule is O=C(CCC(=O)Nc1ccc(Cl)cc1Cl)NNC(=S)NC(=O)c1ccc(F)cc1. The molecule has 152 valence electrons. The minimum atomic E-state index is -0.573. The van der Waals surface area contributed by atoms with Gasteiger partial charge >= 0.3 is 0 Å². The molecular weight excluding hydrogens is 442 g/mol. The van der Waals surface area contributed by atoms with E-state index in [4.69, 9.17) is 35.4 Å². The van der Waals surface area contributed by atoms with Gasteiger partial charge in [-0.3, -0.25) is 30.6 Å². The van der Waals surface area contributed by atoms with E-state index in [1.807, 2.05) is 0 Å². The van der Waals surface area contributed by atoms with Gasteiger partial charge in [0.25, 0.3) is 5.91 Å². The Hall–Kier alpha value is -2.75. The molecule has 4 N–H and O–H groups in total. The molecule has 0 saturated carbocycles. The zero-order chi connectivity index (χ0) is 21.4. The van der Waals surface area contributed by atoms with Crippen molar-refractivity contribution in [2.24, 2.45) is 0 Å². The summed E-state index contributed by atoms with van der Waals surface area (Å²) in [6.45, 7) is 0. The van der Waals surface area contributed by atoms with Gasteiger partial charge in [0.05, 0.1) is 10.7 Å². The summed E-state index contributed by atoms with van der Waals surface area (Å²) < 4.78 is 12.9. The van der Waals surface area contributed by atoms with E-state index in [1.54, 1.807) is 12.1 Å². The molecule has 0 aromatic heterocycles. The van der Waals surface area contributed by atoms with Gasteiger partial charge in [-0.25, -0.2) is 4.39 Å². The van der Waals surface area contributed by atoms with Crippen molar-refractivity contribution < 1.29 is 18.8 Å². The monoisotopic (exact) mass is 456 g/mol. The molecule has 2 rings (SSSR count). The maximum absolute atomic E-state index is 12.9. The number of anilines is 1. The van der Waals surface area contributed by atoms with Crippen molar-refractivity contribution in [1.29, 1.82) is 0 Å². The Bertz CT molecular complexity index is 941. The molecule has 0 aliphatic rings. The van der Waals surface area contributed by atoms with Crippen molar-refractivity contribution in [3.63, 3.8) is 0 Å². The average molecular weight is 457 g/mol. The third-order valence-corrected chi connectivity index (χ3v) is 4.19. The summed E-state index contributed by atoms with van der Waals surface area (Å²) in [4.78, 5) is 35.6. The van der Waals surface area contributed by atoms with Crippen molar-refractivity contribution >= 4 is 63.9 Å². The van der Waals surface area contributed by atoms with Crippen molar-refractivity contribution in [3.05, 3.63) is 63.9 Å². The Morgan fingerprint density at radius 1 is 0.931 bits per heavy atom. The predicted molar refractivity (Wildman–Crippen MR) is 112 cm³/mol. The van der Waals surface area contributed by atoms with Crippen LogP contribution in [0.1, 0.15) is 23.2 Å². The average Bonchev–Trinajstić information content (AvgIpc) is 2.67. The highest BCUT2D eigenvalue weighted by Gasteiger charge is 2.11. The second-order valence-corrected chi connectivity index (χ2v) is 6.89. The molecule has 0 fully saturated rings. The minimum Gasteiger partial charge on any atom is -0.325 e. The lowest BCUT2D eigenvalue weighted by molar-refractivity contribution is -0.124. The molecule has 7 nitrogen and oxygen atoms in total. The molecule has 11 heteroatoms. The molecule has 0 aliphatic heterocycles. The molecule has 3 amide bonds. The van der Waals surface area contributed by atoms with Gasteiger partial charge in [0.1, 0.15) is 5.82 Å². The van der Waals surface area contributed by atoms with E-state index in [0.29, 0.717) is 10.7 Å². The summed E-state index contributed by atoms with van der Waals surface area (Å²) in [7, 11) is 0. The second kappa shape index (κ2) is 10.7. The lowest BCUT2D eigenvalue weighted by Gasteiger charge is -2.11. The molecule has 2 aromatic rings. The van der Waals surface area contributed by atoms with Gasteiger partial charge in [0.2, 0.25) is 11.8 Å². The summed E-state index contributed by atoms with van der Waals surface area (Å²) in [6.07, 6.45) is -0.250. The number of nitrogens with one attached hydrogen (secondary N) is 4. The first kappa shape index (κ1) is 22.5. The Morgan fingerprint density at radius 3 is 2.24 bits per heavy atom. The lowest BCUT2D eigenvalue weighted by Crippen LogP contribution is -2.48. The van der Waals surface area contributed by atoms with Crippen LogP contribution in [0.25, 0.3) is 0 Å². The van der Waals surface area contributed by atoms with Crippen LogP contribution in [0.3, 0.4) is 0 Å². The number of hydrogen-bond acceptors (Lipinski definition) is 4. The third-order valence-electron chi connectivity index (χ3n) is 3.43. The number of amides is 3. The second-order valence-electron chi connectivity index (χ2n) is 5.64. The van der Waals surface area contributed by atoms with Crippen LogP contribution in [-0.4, -0.2) is 22.8 Å². The highest BCUT2D eigenvalue weighted by molar-refractivity contribution is 7.80. The number of rotatable bonds is 5. The summed E-state index contributed by atoms with van der Waals surface area (Å²) in [5.74, 6) is -2.00. The van der Waals surface area contributed by atoms with Crippen LogP contribution >= 0.6 is 35.4 Å². The van der Waals surface area contributed by atoms with E-state index < -0.39 is 23.5 Å². The van der Waals surface area contributed by atoms with Gasteiger partial charge in [-0.15, -0.1) is 0 Å². The molecule has 0 bridgehead atoms. The fourth-order valence-electron chi connectivity index (χ4n) is 2.03. The van der Waals surface area contributed by atoms with Gasteiger partial charge in [-0.2, -0.15) is 0 Å². The summed E-state index contributed by atoms with van der Waals surface area (Å²) in [5.41, 5.74) is 5.17. The summed E-state index contributed by atoms with van der Waals surface area (Å²) in [6, 6.07) is 9.45. The van der Waals surface area contributed by atoms with Crippen LogP contribution in [0.4, 0.5) is 10.1 Å². The standard InChI is InChI=1S/C18H15Cl2FN4O3S/c19-11-3-6-14(13(20)9-11)22-15(26)7-8-16(27)24-25-18(29)23-17(28)10-1-4-12(21)5-2-10/h1-6,9H,7-8H2,(H,22,26)(H,24,27)(H2,23,25,28,29). The zero-order valence-corrected chi connectivity index (χ0v) is 17.1. The highest BCUT2D eigenvalue weighted by Crippen LogP contribution is 2.25. The Kier molecular flexibility index (Phi) is 8.32. The molecule has 0 saturated heterocycles. The Morgan fingerprint density at radius 2 is 1.59 bits per heavy atom. The van der Waals surface area contributed by atoms with Crippen LogP contribution in [0.5, 0.6) is 0 Å². The molecule has 29 heavy (non-hydrogen) atoms. The van der Waals surface area contributed by atoms with E-state index in [-0.39, 0.29) is 28.5 Å².